The number of thiol groups is 1. The van der Waals surface area contributed by atoms with E-state index in [1.807, 2.05) is 30.5 Å². The summed E-state index contributed by atoms with van der Waals surface area (Å²) >= 11 is 4.30. The second-order valence-electron chi connectivity index (χ2n) is 6.87. The molecule has 2 aromatic carbocycles. The number of aromatic amines is 1. The van der Waals surface area contributed by atoms with Gasteiger partial charge in [-0.05, 0) is 42.8 Å². The summed E-state index contributed by atoms with van der Waals surface area (Å²) < 4.78 is 0. The Bertz CT molecular complexity index is 1170. The van der Waals surface area contributed by atoms with Crippen molar-refractivity contribution in [1.82, 2.24) is 4.98 Å². The highest BCUT2D eigenvalue weighted by Crippen LogP contribution is 2.25. The molecule has 3 rings (SSSR count). The number of fused-ring (bicyclic) bond motifs is 1. The Morgan fingerprint density at radius 2 is 2.13 bits per heavy atom. The first kappa shape index (κ1) is 21.0. The first-order valence-corrected chi connectivity index (χ1v) is 9.70. The van der Waals surface area contributed by atoms with E-state index < -0.39 is 11.9 Å². The van der Waals surface area contributed by atoms with Gasteiger partial charge in [-0.25, -0.2) is 0 Å². The molecule has 0 fully saturated rings. The number of rotatable bonds is 8. The van der Waals surface area contributed by atoms with E-state index >= 15 is 0 Å². The fourth-order valence-electron chi connectivity index (χ4n) is 3.16. The van der Waals surface area contributed by atoms with Gasteiger partial charge in [0.2, 0.25) is 5.91 Å². The van der Waals surface area contributed by atoms with Crippen molar-refractivity contribution in [3.8, 4) is 6.07 Å². The Morgan fingerprint density at radius 3 is 2.83 bits per heavy atom. The summed E-state index contributed by atoms with van der Waals surface area (Å²) in [7, 11) is 0. The number of nitrogens with one attached hydrogen (secondary N) is 4. The summed E-state index contributed by atoms with van der Waals surface area (Å²) in [5.41, 5.74) is 9.51. The molecule has 0 unspecified atom stereocenters. The van der Waals surface area contributed by atoms with Crippen LogP contribution < -0.4 is 16.4 Å². The van der Waals surface area contributed by atoms with E-state index in [2.05, 4.69) is 34.3 Å². The second kappa shape index (κ2) is 9.20. The number of amides is 1. The van der Waals surface area contributed by atoms with Gasteiger partial charge >= 0.3 is 0 Å². The third-order valence-corrected chi connectivity index (χ3v) is 4.78. The van der Waals surface area contributed by atoms with Crippen LogP contribution in [-0.2, 0) is 11.2 Å². The lowest BCUT2D eigenvalue weighted by molar-refractivity contribution is -0.118. The fourth-order valence-corrected chi connectivity index (χ4v) is 3.47. The zero-order valence-corrected chi connectivity index (χ0v) is 17.3. The average molecular weight is 419 g/mol. The number of para-hydroxylation sites is 1. The molecule has 1 atom stereocenters. The zero-order chi connectivity index (χ0) is 21.7. The number of primary amides is 1. The van der Waals surface area contributed by atoms with Crippen LogP contribution in [0.4, 0.5) is 11.4 Å². The van der Waals surface area contributed by atoms with E-state index in [4.69, 9.17) is 11.1 Å². The molecule has 1 amide bonds. The molecule has 0 spiro atoms. The maximum absolute atomic E-state index is 12.1. The molecule has 6 N–H and O–H groups in total. The van der Waals surface area contributed by atoms with Gasteiger partial charge in [0.05, 0.1) is 16.3 Å². The minimum atomic E-state index is -0.639. The Balaban J connectivity index is 1.85. The van der Waals surface area contributed by atoms with Crippen LogP contribution in [0.5, 0.6) is 0 Å². The molecule has 0 aliphatic carbocycles. The van der Waals surface area contributed by atoms with Crippen LogP contribution in [0.1, 0.15) is 18.1 Å². The Morgan fingerprint density at radius 1 is 1.37 bits per heavy atom. The first-order valence-electron chi connectivity index (χ1n) is 9.25. The minimum Gasteiger partial charge on any atom is -0.373 e. The van der Waals surface area contributed by atoms with Crippen LogP contribution in [0.2, 0.25) is 0 Å². The molecule has 0 aliphatic heterocycles. The number of H-pyrrole nitrogens is 1. The Labute approximate surface area is 179 Å². The third-order valence-electron chi connectivity index (χ3n) is 4.54. The van der Waals surface area contributed by atoms with Crippen molar-refractivity contribution >= 4 is 46.5 Å². The minimum absolute atomic E-state index is 0.327. The summed E-state index contributed by atoms with van der Waals surface area (Å²) in [5.74, 6) is -0.478. The van der Waals surface area contributed by atoms with Crippen LogP contribution in [-0.4, -0.2) is 22.6 Å². The van der Waals surface area contributed by atoms with Crippen LogP contribution in [0, 0.1) is 16.7 Å². The Kier molecular flexibility index (Phi) is 6.45. The number of nitrogens with two attached hydrogens (primary N) is 1. The normalized spacial score (nSPS) is 12.2. The van der Waals surface area contributed by atoms with Gasteiger partial charge in [0.1, 0.15) is 12.1 Å². The zero-order valence-electron chi connectivity index (χ0n) is 16.4. The highest BCUT2D eigenvalue weighted by Gasteiger charge is 2.18. The summed E-state index contributed by atoms with van der Waals surface area (Å²) in [6, 6.07) is 14.4. The van der Waals surface area contributed by atoms with Gasteiger partial charge in [-0.3, -0.25) is 4.79 Å². The molecule has 0 radical (unpaired) electrons. The maximum Gasteiger partial charge on any atom is 0.240 e. The van der Waals surface area contributed by atoms with E-state index in [1.54, 1.807) is 25.1 Å². The molecular weight excluding hydrogens is 396 g/mol. The fraction of sp³-hybridized carbons (Fsp3) is 0.136. The van der Waals surface area contributed by atoms with Crippen LogP contribution in [0.25, 0.3) is 10.9 Å². The van der Waals surface area contributed by atoms with Crippen molar-refractivity contribution in [1.29, 1.82) is 10.7 Å². The largest absolute Gasteiger partial charge is 0.373 e. The molecule has 0 saturated heterocycles. The average Bonchev–Trinajstić information content (AvgIpc) is 3.10. The van der Waals surface area contributed by atoms with Gasteiger partial charge in [0.15, 0.2) is 0 Å². The third kappa shape index (κ3) is 5.01. The number of carbonyl (C=O) groups excluding carboxylic acids is 1. The lowest BCUT2D eigenvalue weighted by atomic mass is 10.0. The molecular formula is C22H22N6OS. The van der Waals surface area contributed by atoms with E-state index in [0.717, 1.165) is 16.5 Å². The van der Waals surface area contributed by atoms with Gasteiger partial charge in [-0.2, -0.15) is 5.26 Å². The maximum atomic E-state index is 12.1. The summed E-state index contributed by atoms with van der Waals surface area (Å²) in [6.45, 7) is 1.63. The topological polar surface area (TPSA) is 131 Å². The number of nitrogens with zero attached hydrogens (tertiary/aromatic N) is 1. The van der Waals surface area contributed by atoms with Gasteiger partial charge in [0.25, 0.3) is 0 Å². The van der Waals surface area contributed by atoms with Crippen molar-refractivity contribution in [2.75, 3.05) is 10.6 Å². The monoisotopic (exact) mass is 418 g/mol. The van der Waals surface area contributed by atoms with Crippen molar-refractivity contribution < 1.29 is 4.79 Å². The van der Waals surface area contributed by atoms with Gasteiger partial charge in [0, 0.05) is 34.9 Å². The van der Waals surface area contributed by atoms with Gasteiger partial charge < -0.3 is 26.8 Å². The van der Waals surface area contributed by atoms with Crippen molar-refractivity contribution in [2.45, 2.75) is 19.4 Å². The van der Waals surface area contributed by atoms with Crippen LogP contribution >= 0.6 is 12.6 Å². The molecule has 1 heterocycles. The number of nitriles is 1. The van der Waals surface area contributed by atoms with Crippen molar-refractivity contribution in [2.24, 2.45) is 5.73 Å². The van der Waals surface area contributed by atoms with E-state index in [1.165, 1.54) is 6.08 Å². The highest BCUT2D eigenvalue weighted by molar-refractivity contribution is 7.84. The number of carbonyl (C=O) groups is 1. The molecule has 30 heavy (non-hydrogen) atoms. The number of allylic oxidation sites excluding steroid dienone is 1. The number of aromatic nitrogens is 1. The number of hydrogen-bond donors (Lipinski definition) is 6. The molecule has 0 aliphatic rings. The summed E-state index contributed by atoms with van der Waals surface area (Å²) in [6.07, 6.45) is 3.83. The van der Waals surface area contributed by atoms with E-state index in [0.29, 0.717) is 34.1 Å². The van der Waals surface area contributed by atoms with Crippen molar-refractivity contribution in [3.63, 3.8) is 0 Å². The molecule has 152 valence electrons. The number of anilines is 2. The molecule has 7 nitrogen and oxygen atoms in total. The second-order valence-corrected chi connectivity index (χ2v) is 7.35. The predicted octanol–water partition coefficient (Wildman–Crippen LogP) is 3.77. The van der Waals surface area contributed by atoms with Crippen LogP contribution in [0.3, 0.4) is 0 Å². The number of hydrogen-bond acceptors (Lipinski definition) is 6. The molecule has 1 aromatic heterocycles. The lowest BCUT2D eigenvalue weighted by Crippen LogP contribution is -2.37. The van der Waals surface area contributed by atoms with E-state index in [-0.39, 0.29) is 0 Å². The predicted molar refractivity (Wildman–Crippen MR) is 124 cm³/mol. The van der Waals surface area contributed by atoms with Crippen molar-refractivity contribution in [3.05, 3.63) is 70.9 Å². The van der Waals surface area contributed by atoms with Crippen LogP contribution in [0.15, 0.2) is 59.8 Å². The van der Waals surface area contributed by atoms with E-state index in [9.17, 15) is 10.1 Å². The molecule has 0 saturated carbocycles. The highest BCUT2D eigenvalue weighted by atomic mass is 32.1. The van der Waals surface area contributed by atoms with Gasteiger partial charge in [-0.15, -0.1) is 12.6 Å². The molecule has 0 bridgehead atoms. The summed E-state index contributed by atoms with van der Waals surface area (Å²) in [5, 5.41) is 24.5. The molecule has 8 heteroatoms. The standard InChI is InChI=1S/C22H22N6OS/c1-13(24)8-21(30)28-19-10-16(7-6-14(19)11-23)27-20(22(25)29)9-15-12-26-18-5-3-2-4-17(15)18/h2-8,10,12,20,24,26-28,30H,9H2,1H3,(H2,25,29)/b21-8-,24-13?/t20-/m1/s1. The molecule has 3 aromatic rings. The summed E-state index contributed by atoms with van der Waals surface area (Å²) in [4.78, 5) is 15.3. The number of benzene rings is 2. The Hall–Kier alpha value is -3.70. The lowest BCUT2D eigenvalue weighted by Gasteiger charge is -2.18. The van der Waals surface area contributed by atoms with Gasteiger partial charge in [-0.1, -0.05) is 18.2 Å². The SMILES string of the molecule is CC(=N)/C=C(\S)Nc1cc(N[C@H](Cc2c[nH]c3ccccc23)C(N)=O)ccc1C#N. The first-order chi connectivity index (χ1) is 14.4. The smallest absolute Gasteiger partial charge is 0.240 e. The quantitative estimate of drug-likeness (QED) is 0.245.